The molecule has 0 spiro atoms. The van der Waals surface area contributed by atoms with Crippen molar-refractivity contribution in [3.05, 3.63) is 45.7 Å². The van der Waals surface area contributed by atoms with Crippen LogP contribution in [0.1, 0.15) is 33.2 Å². The van der Waals surface area contributed by atoms with Crippen molar-refractivity contribution in [1.29, 1.82) is 0 Å². The van der Waals surface area contributed by atoms with Gasteiger partial charge in [0.2, 0.25) is 0 Å². The molecule has 5 nitrogen and oxygen atoms in total. The number of thiazole rings is 1. The number of aromatic nitrogens is 1. The van der Waals surface area contributed by atoms with Gasteiger partial charge in [-0.25, -0.2) is 9.37 Å². The predicted octanol–water partition coefficient (Wildman–Crippen LogP) is 2.73. The molecule has 2 aromatic rings. The van der Waals surface area contributed by atoms with Crippen LogP contribution in [-0.4, -0.2) is 34.9 Å². The summed E-state index contributed by atoms with van der Waals surface area (Å²) in [5.74, 6) is 0.270. The topological polar surface area (TPSA) is 68.5 Å². The second kappa shape index (κ2) is 7.27. The van der Waals surface area contributed by atoms with Gasteiger partial charge in [0.05, 0.1) is 5.69 Å². The highest BCUT2D eigenvalue weighted by molar-refractivity contribution is 7.13. The van der Waals surface area contributed by atoms with E-state index in [1.54, 1.807) is 12.1 Å². The molecule has 1 saturated heterocycles. The minimum atomic E-state index is -0.305. The summed E-state index contributed by atoms with van der Waals surface area (Å²) in [6, 6.07) is 5.95. The predicted molar refractivity (Wildman–Crippen MR) is 90.7 cm³/mol. The van der Waals surface area contributed by atoms with Gasteiger partial charge in [0, 0.05) is 19.1 Å². The van der Waals surface area contributed by atoms with Gasteiger partial charge in [-0.15, -0.1) is 11.3 Å². The maximum absolute atomic E-state index is 12.9. The number of amides is 1. The Morgan fingerprint density at radius 2 is 2.21 bits per heavy atom. The molecule has 1 amide bonds. The highest BCUT2D eigenvalue weighted by atomic mass is 32.1. The molecule has 3 rings (SSSR count). The molecule has 1 aromatic heterocycles. The smallest absolute Gasteiger partial charge is 0.266 e. The van der Waals surface area contributed by atoms with E-state index in [0.717, 1.165) is 24.4 Å². The quantitative estimate of drug-likeness (QED) is 0.901. The molecule has 0 aliphatic carbocycles. The number of halogens is 1. The van der Waals surface area contributed by atoms with E-state index in [-0.39, 0.29) is 24.4 Å². The van der Waals surface area contributed by atoms with Gasteiger partial charge in [-0.3, -0.25) is 4.79 Å². The largest absolute Gasteiger partial charge is 0.486 e. The molecule has 2 heterocycles. The van der Waals surface area contributed by atoms with Crippen LogP contribution in [0.5, 0.6) is 5.75 Å². The molecule has 2 N–H and O–H groups in total. The summed E-state index contributed by atoms with van der Waals surface area (Å²) in [6.45, 7) is 3.33. The van der Waals surface area contributed by atoms with Gasteiger partial charge in [-0.1, -0.05) is 0 Å². The summed E-state index contributed by atoms with van der Waals surface area (Å²) < 4.78 is 18.5. The van der Waals surface area contributed by atoms with Crippen LogP contribution in [-0.2, 0) is 6.61 Å². The van der Waals surface area contributed by atoms with Gasteiger partial charge in [-0.05, 0) is 44.0 Å². The Balaban J connectivity index is 1.68. The SMILES string of the molecule is Cc1nc(COc2ccc(F)cc2)sc1C(=O)N1CCCC1CN. The summed E-state index contributed by atoms with van der Waals surface area (Å²) in [5, 5.41) is 0.726. The van der Waals surface area contributed by atoms with Crippen LogP contribution in [0.25, 0.3) is 0 Å². The average Bonchev–Trinajstić information content (AvgIpc) is 3.20. The summed E-state index contributed by atoms with van der Waals surface area (Å²) in [6.07, 6.45) is 1.95. The van der Waals surface area contributed by atoms with Gasteiger partial charge < -0.3 is 15.4 Å². The van der Waals surface area contributed by atoms with E-state index in [4.69, 9.17) is 10.5 Å². The maximum atomic E-state index is 12.9. The van der Waals surface area contributed by atoms with Gasteiger partial charge in [0.25, 0.3) is 5.91 Å². The molecular weight excluding hydrogens is 329 g/mol. The third-order valence-electron chi connectivity index (χ3n) is 4.12. The minimum absolute atomic E-state index is 0.00554. The number of nitrogens with zero attached hydrogens (tertiary/aromatic N) is 2. The first-order valence-electron chi connectivity index (χ1n) is 7.94. The first-order chi connectivity index (χ1) is 11.6. The van der Waals surface area contributed by atoms with E-state index in [9.17, 15) is 9.18 Å². The average molecular weight is 349 g/mol. The summed E-state index contributed by atoms with van der Waals surface area (Å²) in [5.41, 5.74) is 6.47. The van der Waals surface area contributed by atoms with Crippen LogP contribution in [0.2, 0.25) is 0 Å². The zero-order valence-electron chi connectivity index (χ0n) is 13.5. The molecule has 7 heteroatoms. The fourth-order valence-corrected chi connectivity index (χ4v) is 3.80. The lowest BCUT2D eigenvalue weighted by Crippen LogP contribution is -2.39. The van der Waals surface area contributed by atoms with Crippen molar-refractivity contribution in [3.63, 3.8) is 0 Å². The van der Waals surface area contributed by atoms with Crippen molar-refractivity contribution in [3.8, 4) is 5.75 Å². The van der Waals surface area contributed by atoms with Crippen molar-refractivity contribution in [2.75, 3.05) is 13.1 Å². The number of likely N-dealkylation sites (tertiary alicyclic amines) is 1. The van der Waals surface area contributed by atoms with Gasteiger partial charge in [0.1, 0.15) is 28.1 Å². The van der Waals surface area contributed by atoms with Crippen LogP contribution in [0, 0.1) is 12.7 Å². The third-order valence-corrected chi connectivity index (χ3v) is 5.24. The van der Waals surface area contributed by atoms with Crippen LogP contribution >= 0.6 is 11.3 Å². The normalized spacial score (nSPS) is 17.3. The molecule has 1 aliphatic heterocycles. The van der Waals surface area contributed by atoms with Gasteiger partial charge in [-0.2, -0.15) is 0 Å². The zero-order chi connectivity index (χ0) is 17.1. The van der Waals surface area contributed by atoms with E-state index >= 15 is 0 Å². The lowest BCUT2D eigenvalue weighted by Gasteiger charge is -2.22. The number of nitrogens with two attached hydrogens (primary N) is 1. The zero-order valence-corrected chi connectivity index (χ0v) is 14.3. The number of rotatable bonds is 5. The summed E-state index contributed by atoms with van der Waals surface area (Å²) in [4.78, 5) is 19.6. The van der Waals surface area contributed by atoms with Crippen molar-refractivity contribution in [1.82, 2.24) is 9.88 Å². The van der Waals surface area contributed by atoms with Crippen LogP contribution < -0.4 is 10.5 Å². The third kappa shape index (κ3) is 3.57. The van der Waals surface area contributed by atoms with Crippen LogP contribution in [0.4, 0.5) is 4.39 Å². The lowest BCUT2D eigenvalue weighted by atomic mass is 10.2. The Bertz CT molecular complexity index is 717. The van der Waals surface area contributed by atoms with E-state index in [0.29, 0.717) is 22.9 Å². The number of carbonyl (C=O) groups excluding carboxylic acids is 1. The maximum Gasteiger partial charge on any atom is 0.266 e. The highest BCUT2D eigenvalue weighted by Crippen LogP contribution is 2.25. The molecule has 0 radical (unpaired) electrons. The Morgan fingerprint density at radius 3 is 2.92 bits per heavy atom. The van der Waals surface area contributed by atoms with Gasteiger partial charge in [0.15, 0.2) is 0 Å². The Labute approximate surface area is 144 Å². The monoisotopic (exact) mass is 349 g/mol. The van der Waals surface area contributed by atoms with E-state index < -0.39 is 0 Å². The number of benzene rings is 1. The highest BCUT2D eigenvalue weighted by Gasteiger charge is 2.30. The fourth-order valence-electron chi connectivity index (χ4n) is 2.87. The number of hydrogen-bond acceptors (Lipinski definition) is 5. The Hall–Kier alpha value is -1.99. The molecular formula is C17H20FN3O2S. The van der Waals surface area contributed by atoms with E-state index in [2.05, 4.69) is 4.98 Å². The molecule has 24 heavy (non-hydrogen) atoms. The lowest BCUT2D eigenvalue weighted by molar-refractivity contribution is 0.0745. The molecule has 0 saturated carbocycles. The molecule has 1 atom stereocenters. The summed E-state index contributed by atoms with van der Waals surface area (Å²) in [7, 11) is 0. The standard InChI is InChI=1S/C17H20FN3O2S/c1-11-16(17(22)21-8-2-3-13(21)9-19)24-15(20-11)10-23-14-6-4-12(18)5-7-14/h4-7,13H,2-3,8-10,19H2,1H3. The first kappa shape index (κ1) is 16.9. The molecule has 128 valence electrons. The van der Waals surface area contributed by atoms with Crippen molar-refractivity contribution in [2.45, 2.75) is 32.4 Å². The Morgan fingerprint density at radius 1 is 1.46 bits per heavy atom. The van der Waals surface area contributed by atoms with Crippen LogP contribution in [0.3, 0.4) is 0 Å². The number of hydrogen-bond donors (Lipinski definition) is 1. The van der Waals surface area contributed by atoms with Gasteiger partial charge >= 0.3 is 0 Å². The van der Waals surface area contributed by atoms with E-state index in [1.807, 2.05) is 11.8 Å². The summed E-state index contributed by atoms with van der Waals surface area (Å²) >= 11 is 1.35. The van der Waals surface area contributed by atoms with Crippen molar-refractivity contribution in [2.24, 2.45) is 5.73 Å². The first-order valence-corrected chi connectivity index (χ1v) is 8.76. The molecule has 1 fully saturated rings. The molecule has 0 bridgehead atoms. The molecule has 1 aliphatic rings. The van der Waals surface area contributed by atoms with Crippen LogP contribution in [0.15, 0.2) is 24.3 Å². The number of aryl methyl sites for hydroxylation is 1. The van der Waals surface area contributed by atoms with Crippen molar-refractivity contribution >= 4 is 17.2 Å². The molecule has 1 aromatic carbocycles. The second-order valence-corrected chi connectivity index (χ2v) is 6.88. The van der Waals surface area contributed by atoms with Crippen molar-refractivity contribution < 1.29 is 13.9 Å². The second-order valence-electron chi connectivity index (χ2n) is 5.80. The number of ether oxygens (including phenoxy) is 1. The van der Waals surface area contributed by atoms with E-state index in [1.165, 1.54) is 23.5 Å². The minimum Gasteiger partial charge on any atom is -0.486 e. The number of carbonyl (C=O) groups is 1. The fraction of sp³-hybridized carbons (Fsp3) is 0.412. The Kier molecular flexibility index (Phi) is 5.11. The molecule has 1 unspecified atom stereocenters.